The maximum Gasteiger partial charge on any atom is 0.237 e. The van der Waals surface area contributed by atoms with Crippen molar-refractivity contribution in [1.82, 2.24) is 5.32 Å². The van der Waals surface area contributed by atoms with E-state index in [-0.39, 0.29) is 18.4 Å². The third-order valence-electron chi connectivity index (χ3n) is 2.96. The molecule has 0 heterocycles. The molecule has 0 saturated heterocycles. The largest absolute Gasteiger partial charge is 0.388 e. The zero-order valence-electron chi connectivity index (χ0n) is 10.2. The third-order valence-corrected chi connectivity index (χ3v) is 2.96. The Kier molecular flexibility index (Phi) is 5.83. The second-order valence-corrected chi connectivity index (χ2v) is 4.48. The summed E-state index contributed by atoms with van der Waals surface area (Å²) < 4.78 is 0. The minimum atomic E-state index is -0.842. The van der Waals surface area contributed by atoms with Crippen molar-refractivity contribution in [3.63, 3.8) is 0 Å². The molecule has 3 atom stereocenters. The summed E-state index contributed by atoms with van der Waals surface area (Å²) in [6.07, 6.45) is 1.48. The zero-order valence-corrected chi connectivity index (χ0v) is 10.2. The van der Waals surface area contributed by atoms with Crippen LogP contribution in [0.1, 0.15) is 40.5 Å². The van der Waals surface area contributed by atoms with E-state index in [2.05, 4.69) is 5.32 Å². The van der Waals surface area contributed by atoms with Crippen LogP contribution in [0.4, 0.5) is 0 Å². The number of hydrogen-bond donors (Lipinski definition) is 3. The number of hydrogen-bond acceptors (Lipinski definition) is 3. The molecule has 4 heteroatoms. The summed E-state index contributed by atoms with van der Waals surface area (Å²) in [5.74, 6) is -0.0188. The Hall–Kier alpha value is -0.610. The van der Waals surface area contributed by atoms with Gasteiger partial charge < -0.3 is 16.2 Å². The number of carbonyl (C=O) groups is 1. The van der Waals surface area contributed by atoms with Gasteiger partial charge in [-0.3, -0.25) is 4.79 Å². The molecule has 4 nitrogen and oxygen atoms in total. The van der Waals surface area contributed by atoms with Crippen molar-refractivity contribution in [2.45, 2.75) is 52.2 Å². The highest BCUT2D eigenvalue weighted by Crippen LogP contribution is 2.08. The number of rotatable bonds is 6. The average molecular weight is 216 g/mol. The Morgan fingerprint density at radius 1 is 1.53 bits per heavy atom. The number of amides is 1. The molecule has 2 unspecified atom stereocenters. The monoisotopic (exact) mass is 216 g/mol. The lowest BCUT2D eigenvalue weighted by atomic mass is 9.98. The maximum absolute atomic E-state index is 11.6. The second kappa shape index (κ2) is 6.08. The van der Waals surface area contributed by atoms with Gasteiger partial charge in [0.05, 0.1) is 11.6 Å². The molecule has 1 amide bonds. The number of nitrogens with two attached hydrogens (primary N) is 1. The van der Waals surface area contributed by atoms with Crippen molar-refractivity contribution in [1.29, 1.82) is 0 Å². The molecule has 0 aromatic heterocycles. The molecular formula is C11H24N2O2. The topological polar surface area (TPSA) is 75.4 Å². The van der Waals surface area contributed by atoms with Gasteiger partial charge >= 0.3 is 0 Å². The minimum Gasteiger partial charge on any atom is -0.388 e. The molecule has 0 aliphatic rings. The highest BCUT2D eigenvalue weighted by molar-refractivity contribution is 5.81. The summed E-state index contributed by atoms with van der Waals surface area (Å²) >= 11 is 0. The first-order valence-corrected chi connectivity index (χ1v) is 5.59. The van der Waals surface area contributed by atoms with Crippen LogP contribution in [-0.2, 0) is 4.79 Å². The number of nitrogens with one attached hydrogen (secondary N) is 1. The third kappa shape index (κ3) is 5.14. The van der Waals surface area contributed by atoms with Crippen LogP contribution in [0.3, 0.4) is 0 Å². The van der Waals surface area contributed by atoms with Crippen LogP contribution in [0.25, 0.3) is 0 Å². The Bertz CT molecular complexity index is 205. The van der Waals surface area contributed by atoms with Crippen molar-refractivity contribution >= 4 is 5.91 Å². The van der Waals surface area contributed by atoms with Crippen LogP contribution in [0.2, 0.25) is 0 Å². The van der Waals surface area contributed by atoms with E-state index in [0.717, 1.165) is 6.42 Å². The lowest BCUT2D eigenvalue weighted by Gasteiger charge is -2.24. The number of carbonyl (C=O) groups excluding carboxylic acids is 1. The van der Waals surface area contributed by atoms with Crippen molar-refractivity contribution in [3.8, 4) is 0 Å². The fraction of sp³-hybridized carbons (Fsp3) is 0.909. The SMILES string of the molecule is CCC(C)[C@H](N)C(=O)NCC(C)(O)CC. The first-order valence-electron chi connectivity index (χ1n) is 5.59. The van der Waals surface area contributed by atoms with E-state index >= 15 is 0 Å². The molecule has 0 aromatic rings. The van der Waals surface area contributed by atoms with Crippen molar-refractivity contribution in [2.24, 2.45) is 11.7 Å². The predicted molar refractivity (Wildman–Crippen MR) is 61.4 cm³/mol. The van der Waals surface area contributed by atoms with Crippen molar-refractivity contribution < 1.29 is 9.90 Å². The standard InChI is InChI=1S/C11H24N2O2/c1-5-8(3)9(12)10(14)13-7-11(4,15)6-2/h8-9,15H,5-7,12H2,1-4H3,(H,13,14)/t8?,9-,11?/m0/s1. The molecular weight excluding hydrogens is 192 g/mol. The van der Waals surface area contributed by atoms with Crippen LogP contribution in [0.15, 0.2) is 0 Å². The van der Waals surface area contributed by atoms with Gasteiger partial charge in [-0.2, -0.15) is 0 Å². The normalized spacial score (nSPS) is 19.1. The van der Waals surface area contributed by atoms with E-state index < -0.39 is 11.6 Å². The van der Waals surface area contributed by atoms with Gasteiger partial charge in [0, 0.05) is 6.54 Å². The summed E-state index contributed by atoms with van der Waals surface area (Å²) in [4.78, 5) is 11.6. The van der Waals surface area contributed by atoms with E-state index in [9.17, 15) is 9.90 Å². The average Bonchev–Trinajstić information content (AvgIpc) is 2.23. The van der Waals surface area contributed by atoms with Crippen molar-refractivity contribution in [3.05, 3.63) is 0 Å². The molecule has 0 aliphatic heterocycles. The molecule has 0 fully saturated rings. The van der Waals surface area contributed by atoms with E-state index in [4.69, 9.17) is 5.73 Å². The Morgan fingerprint density at radius 2 is 2.07 bits per heavy atom. The van der Waals surface area contributed by atoms with Crippen LogP contribution in [0, 0.1) is 5.92 Å². The predicted octanol–water partition coefficient (Wildman–Crippen LogP) is 0.637. The van der Waals surface area contributed by atoms with E-state index in [1.807, 2.05) is 20.8 Å². The summed E-state index contributed by atoms with van der Waals surface area (Å²) in [7, 11) is 0. The highest BCUT2D eigenvalue weighted by Gasteiger charge is 2.23. The molecule has 90 valence electrons. The fourth-order valence-electron chi connectivity index (χ4n) is 1.03. The molecule has 4 N–H and O–H groups in total. The van der Waals surface area contributed by atoms with Crippen molar-refractivity contribution in [2.75, 3.05) is 6.54 Å². The first kappa shape index (κ1) is 14.4. The summed E-state index contributed by atoms with van der Waals surface area (Å²) in [5, 5.41) is 12.4. The molecule has 0 aliphatic carbocycles. The van der Waals surface area contributed by atoms with Gasteiger partial charge in [-0.25, -0.2) is 0 Å². The molecule has 0 spiro atoms. The molecule has 0 aromatic carbocycles. The maximum atomic E-state index is 11.6. The van der Waals surface area contributed by atoms with E-state index in [1.165, 1.54) is 0 Å². The Morgan fingerprint density at radius 3 is 2.47 bits per heavy atom. The van der Waals surface area contributed by atoms with Gasteiger partial charge in [0.25, 0.3) is 0 Å². The van der Waals surface area contributed by atoms with Crippen LogP contribution in [-0.4, -0.2) is 29.2 Å². The quantitative estimate of drug-likeness (QED) is 0.610. The van der Waals surface area contributed by atoms with Crippen LogP contribution >= 0.6 is 0 Å². The molecule has 15 heavy (non-hydrogen) atoms. The summed E-state index contributed by atoms with van der Waals surface area (Å²) in [6.45, 7) is 7.78. The molecule has 0 rings (SSSR count). The first-order chi connectivity index (χ1) is 6.84. The highest BCUT2D eigenvalue weighted by atomic mass is 16.3. The second-order valence-electron chi connectivity index (χ2n) is 4.48. The van der Waals surface area contributed by atoms with Gasteiger partial charge in [0.15, 0.2) is 0 Å². The lowest BCUT2D eigenvalue weighted by Crippen LogP contribution is -2.49. The summed E-state index contributed by atoms with van der Waals surface area (Å²) in [5.41, 5.74) is 4.91. The van der Waals surface area contributed by atoms with Crippen LogP contribution in [0.5, 0.6) is 0 Å². The fourth-order valence-corrected chi connectivity index (χ4v) is 1.03. The van der Waals surface area contributed by atoms with Gasteiger partial charge in [-0.1, -0.05) is 27.2 Å². The van der Waals surface area contributed by atoms with E-state index in [1.54, 1.807) is 6.92 Å². The Labute approximate surface area is 92.2 Å². The minimum absolute atomic E-state index is 0.163. The molecule has 0 saturated carbocycles. The zero-order chi connectivity index (χ0) is 12.1. The van der Waals surface area contributed by atoms with Gasteiger partial charge in [0.1, 0.15) is 0 Å². The van der Waals surface area contributed by atoms with Gasteiger partial charge in [-0.15, -0.1) is 0 Å². The van der Waals surface area contributed by atoms with Gasteiger partial charge in [-0.05, 0) is 19.3 Å². The Balaban J connectivity index is 4.04. The molecule has 0 radical (unpaired) electrons. The molecule has 0 bridgehead atoms. The smallest absolute Gasteiger partial charge is 0.237 e. The van der Waals surface area contributed by atoms with E-state index in [0.29, 0.717) is 6.42 Å². The summed E-state index contributed by atoms with van der Waals surface area (Å²) in [6, 6.07) is -0.484. The number of aliphatic hydroxyl groups is 1. The van der Waals surface area contributed by atoms with Gasteiger partial charge in [0.2, 0.25) is 5.91 Å². The lowest BCUT2D eigenvalue weighted by molar-refractivity contribution is -0.124. The van der Waals surface area contributed by atoms with Crippen LogP contribution < -0.4 is 11.1 Å².